The van der Waals surface area contributed by atoms with E-state index in [-0.39, 0.29) is 0 Å². The van der Waals surface area contributed by atoms with Gasteiger partial charge in [-0.1, -0.05) is 11.6 Å². The third-order valence-corrected chi connectivity index (χ3v) is 2.16. The summed E-state index contributed by atoms with van der Waals surface area (Å²) in [5.74, 6) is 0. The molecule has 0 atom stereocenters. The fourth-order valence-electron chi connectivity index (χ4n) is 0.936. The molecule has 56 valence electrons. The summed E-state index contributed by atoms with van der Waals surface area (Å²) in [7, 11) is 0. The summed E-state index contributed by atoms with van der Waals surface area (Å²) in [4.78, 5) is 0. The van der Waals surface area contributed by atoms with Crippen LogP contribution in [0.2, 0.25) is 5.02 Å². The first-order valence-corrected chi connectivity index (χ1v) is 4.52. The molecule has 11 heavy (non-hydrogen) atoms. The van der Waals surface area contributed by atoms with Crippen LogP contribution in [0.15, 0.2) is 24.4 Å². The Bertz CT molecular complexity index is 396. The fraction of sp³-hybridized carbons (Fsp3) is 0. The van der Waals surface area contributed by atoms with Gasteiger partial charge in [-0.05, 0) is 40.8 Å². The minimum atomic E-state index is 0.744. The minimum absolute atomic E-state index is 0.744. The molecule has 0 N–H and O–H groups in total. The first kappa shape index (κ1) is 7.36. The van der Waals surface area contributed by atoms with Crippen molar-refractivity contribution in [2.75, 3.05) is 0 Å². The molecule has 2 rings (SSSR count). The molecule has 0 bridgehead atoms. The molecule has 2 aromatic rings. The lowest BCUT2D eigenvalue weighted by Gasteiger charge is -1.90. The molecule has 4 heteroatoms. The van der Waals surface area contributed by atoms with Gasteiger partial charge in [0.1, 0.15) is 3.70 Å². The Morgan fingerprint density at radius 2 is 2.27 bits per heavy atom. The summed E-state index contributed by atoms with van der Waals surface area (Å²) in [6.07, 6.45) is 1.85. The summed E-state index contributed by atoms with van der Waals surface area (Å²) in [6, 6.07) is 5.68. The second-order valence-corrected chi connectivity index (χ2v) is 3.72. The molecule has 0 saturated carbocycles. The zero-order valence-electron chi connectivity index (χ0n) is 5.46. The van der Waals surface area contributed by atoms with Gasteiger partial charge in [0, 0.05) is 11.2 Å². The Kier molecular flexibility index (Phi) is 1.77. The van der Waals surface area contributed by atoms with E-state index in [1.807, 2.05) is 24.4 Å². The molecule has 0 amide bonds. The van der Waals surface area contributed by atoms with Crippen LogP contribution in [0.3, 0.4) is 0 Å². The van der Waals surface area contributed by atoms with Crippen molar-refractivity contribution >= 4 is 39.7 Å². The largest absolute Gasteiger partial charge is 0.240 e. The maximum Gasteiger partial charge on any atom is 0.124 e. The van der Waals surface area contributed by atoms with Crippen molar-refractivity contribution in [1.82, 2.24) is 9.61 Å². The van der Waals surface area contributed by atoms with Gasteiger partial charge in [0.15, 0.2) is 0 Å². The number of pyridine rings is 1. The predicted octanol–water partition coefficient (Wildman–Crippen LogP) is 2.59. The van der Waals surface area contributed by atoms with Crippen LogP contribution in [0.1, 0.15) is 0 Å². The highest BCUT2D eigenvalue weighted by Crippen LogP contribution is 2.13. The molecule has 2 nitrogen and oxygen atoms in total. The average molecular weight is 278 g/mol. The molecule has 0 aliphatic carbocycles. The fourth-order valence-corrected chi connectivity index (χ4v) is 1.66. The molecule has 0 unspecified atom stereocenters. The first-order valence-electron chi connectivity index (χ1n) is 3.06. The Morgan fingerprint density at radius 3 is 3.09 bits per heavy atom. The van der Waals surface area contributed by atoms with E-state index in [9.17, 15) is 0 Å². The summed E-state index contributed by atoms with van der Waals surface area (Å²) >= 11 is 7.95. The normalized spacial score (nSPS) is 10.7. The lowest BCUT2D eigenvalue weighted by atomic mass is 10.4. The molecule has 0 spiro atoms. The number of hydrogen-bond donors (Lipinski definition) is 0. The van der Waals surface area contributed by atoms with Gasteiger partial charge in [-0.2, -0.15) is 5.10 Å². The summed E-state index contributed by atoms with van der Waals surface area (Å²) < 4.78 is 2.78. The van der Waals surface area contributed by atoms with Gasteiger partial charge in [0.2, 0.25) is 0 Å². The molecule has 0 aliphatic rings. The number of halogens is 2. The molecule has 2 aromatic heterocycles. The van der Waals surface area contributed by atoms with Crippen molar-refractivity contribution in [1.29, 1.82) is 0 Å². The topological polar surface area (TPSA) is 17.3 Å². The smallest absolute Gasteiger partial charge is 0.124 e. The Hall–Kier alpha value is -0.290. The van der Waals surface area contributed by atoms with Crippen LogP contribution >= 0.6 is 34.2 Å². The van der Waals surface area contributed by atoms with Gasteiger partial charge in [0.25, 0.3) is 0 Å². The number of fused-ring (bicyclic) bond motifs is 1. The lowest BCUT2D eigenvalue weighted by molar-refractivity contribution is 0.945. The van der Waals surface area contributed by atoms with Crippen LogP contribution in [0, 0.1) is 3.70 Å². The second-order valence-electron chi connectivity index (χ2n) is 2.18. The Labute approximate surface area is 82.3 Å². The highest BCUT2D eigenvalue weighted by molar-refractivity contribution is 14.1. The molecule has 0 radical (unpaired) electrons. The summed E-state index contributed by atoms with van der Waals surface area (Å²) in [5, 5.41) is 4.94. The number of nitrogens with zero attached hydrogens (tertiary/aromatic N) is 2. The summed E-state index contributed by atoms with van der Waals surface area (Å²) in [6.45, 7) is 0. The zero-order chi connectivity index (χ0) is 7.84. The van der Waals surface area contributed by atoms with Gasteiger partial charge in [0.05, 0.1) is 5.52 Å². The molecule has 0 aromatic carbocycles. The van der Waals surface area contributed by atoms with Crippen LogP contribution in [-0.4, -0.2) is 9.61 Å². The van der Waals surface area contributed by atoms with Gasteiger partial charge in [-0.25, -0.2) is 4.52 Å². The minimum Gasteiger partial charge on any atom is -0.240 e. The summed E-state index contributed by atoms with van der Waals surface area (Å²) in [5.41, 5.74) is 1.03. The van der Waals surface area contributed by atoms with E-state index < -0.39 is 0 Å². The van der Waals surface area contributed by atoms with Crippen molar-refractivity contribution in [3.8, 4) is 0 Å². The number of aromatic nitrogens is 2. The third-order valence-electron chi connectivity index (χ3n) is 1.40. The van der Waals surface area contributed by atoms with Crippen molar-refractivity contribution in [3.05, 3.63) is 33.1 Å². The Morgan fingerprint density at radius 1 is 1.45 bits per heavy atom. The van der Waals surface area contributed by atoms with Crippen LogP contribution in [0.25, 0.3) is 5.52 Å². The van der Waals surface area contributed by atoms with Crippen molar-refractivity contribution in [3.63, 3.8) is 0 Å². The van der Waals surface area contributed by atoms with Gasteiger partial charge < -0.3 is 0 Å². The standard InChI is InChI=1S/C7H4ClIN2/c8-5-1-2-11-6(3-5)4-7(9)10-11/h1-4H. The molecule has 2 heterocycles. The van der Waals surface area contributed by atoms with Gasteiger partial charge >= 0.3 is 0 Å². The number of hydrogen-bond acceptors (Lipinski definition) is 1. The van der Waals surface area contributed by atoms with E-state index >= 15 is 0 Å². The van der Waals surface area contributed by atoms with E-state index in [0.717, 1.165) is 14.2 Å². The predicted molar refractivity (Wildman–Crippen MR) is 52.9 cm³/mol. The molecule has 0 aliphatic heterocycles. The third kappa shape index (κ3) is 1.35. The van der Waals surface area contributed by atoms with E-state index in [1.165, 1.54) is 0 Å². The first-order chi connectivity index (χ1) is 5.25. The second kappa shape index (κ2) is 2.64. The van der Waals surface area contributed by atoms with E-state index in [0.29, 0.717) is 0 Å². The van der Waals surface area contributed by atoms with E-state index in [2.05, 4.69) is 27.7 Å². The van der Waals surface area contributed by atoms with Crippen LogP contribution < -0.4 is 0 Å². The van der Waals surface area contributed by atoms with Crippen LogP contribution in [-0.2, 0) is 0 Å². The molecular weight excluding hydrogens is 274 g/mol. The highest BCUT2D eigenvalue weighted by Gasteiger charge is 1.97. The molecular formula is C7H4ClIN2. The van der Waals surface area contributed by atoms with Crippen molar-refractivity contribution in [2.45, 2.75) is 0 Å². The van der Waals surface area contributed by atoms with Crippen LogP contribution in [0.4, 0.5) is 0 Å². The maximum atomic E-state index is 5.78. The average Bonchev–Trinajstić information content (AvgIpc) is 2.27. The molecule has 0 saturated heterocycles. The van der Waals surface area contributed by atoms with E-state index in [4.69, 9.17) is 11.6 Å². The van der Waals surface area contributed by atoms with Gasteiger partial charge in [-0.3, -0.25) is 0 Å². The van der Waals surface area contributed by atoms with Gasteiger partial charge in [-0.15, -0.1) is 0 Å². The van der Waals surface area contributed by atoms with E-state index in [1.54, 1.807) is 4.52 Å². The molecule has 0 fully saturated rings. The Balaban J connectivity index is 2.82. The quantitative estimate of drug-likeness (QED) is 0.677. The maximum absolute atomic E-state index is 5.78. The van der Waals surface area contributed by atoms with Crippen molar-refractivity contribution in [2.24, 2.45) is 0 Å². The zero-order valence-corrected chi connectivity index (χ0v) is 8.37. The number of rotatable bonds is 0. The monoisotopic (exact) mass is 278 g/mol. The van der Waals surface area contributed by atoms with Crippen molar-refractivity contribution < 1.29 is 0 Å². The lowest BCUT2D eigenvalue weighted by Crippen LogP contribution is -1.84. The SMILES string of the molecule is Clc1ccn2nc(I)cc2c1. The highest BCUT2D eigenvalue weighted by atomic mass is 127. The van der Waals surface area contributed by atoms with Crippen LogP contribution in [0.5, 0.6) is 0 Å².